The third-order valence-corrected chi connectivity index (χ3v) is 7.44. The molecule has 0 heterocycles. The van der Waals surface area contributed by atoms with Gasteiger partial charge in [-0.25, -0.2) is 8.42 Å². The molecular formula is C26H30N2O3S. The average molecular weight is 451 g/mol. The van der Waals surface area contributed by atoms with E-state index in [2.05, 4.69) is 0 Å². The Kier molecular flexibility index (Phi) is 7.83. The summed E-state index contributed by atoms with van der Waals surface area (Å²) in [5.74, 6) is -0.240. The van der Waals surface area contributed by atoms with Crippen molar-refractivity contribution in [1.29, 1.82) is 0 Å². The van der Waals surface area contributed by atoms with Crippen LogP contribution in [-0.2, 0) is 27.8 Å². The van der Waals surface area contributed by atoms with Crippen LogP contribution in [-0.4, -0.2) is 43.7 Å². The molecule has 5 nitrogen and oxygen atoms in total. The number of hydrogen-bond acceptors (Lipinski definition) is 3. The summed E-state index contributed by atoms with van der Waals surface area (Å²) in [5, 5.41) is 0. The van der Waals surface area contributed by atoms with Crippen LogP contribution in [0.25, 0.3) is 0 Å². The van der Waals surface area contributed by atoms with Gasteiger partial charge in [0.25, 0.3) is 0 Å². The second-order valence-electron chi connectivity index (χ2n) is 8.08. The van der Waals surface area contributed by atoms with Crippen LogP contribution in [0.2, 0.25) is 0 Å². The van der Waals surface area contributed by atoms with Crippen molar-refractivity contribution in [2.24, 2.45) is 0 Å². The van der Waals surface area contributed by atoms with Gasteiger partial charge in [0, 0.05) is 20.1 Å². The number of nitrogens with zero attached hydrogens (tertiary/aromatic N) is 2. The van der Waals surface area contributed by atoms with Crippen LogP contribution in [0.5, 0.6) is 0 Å². The van der Waals surface area contributed by atoms with E-state index >= 15 is 0 Å². The molecule has 0 unspecified atom stereocenters. The standard InChI is InChI=1S/C26H30N2O3S/c1-21-14-15-22(2)25(18-21)32(30,31)28(17-16-23-10-6-4-7-11-23)20-26(29)27(3)19-24-12-8-5-9-13-24/h4-15,18H,16-17,19-20H2,1-3H3. The van der Waals surface area contributed by atoms with E-state index in [1.165, 1.54) is 4.31 Å². The van der Waals surface area contributed by atoms with Gasteiger partial charge in [0.15, 0.2) is 0 Å². The summed E-state index contributed by atoms with van der Waals surface area (Å²) in [7, 11) is -2.14. The Balaban J connectivity index is 1.84. The van der Waals surface area contributed by atoms with Crippen molar-refractivity contribution < 1.29 is 13.2 Å². The third-order valence-electron chi connectivity index (χ3n) is 5.45. The molecule has 0 saturated carbocycles. The summed E-state index contributed by atoms with van der Waals surface area (Å²) in [6.07, 6.45) is 0.528. The van der Waals surface area contributed by atoms with Crippen molar-refractivity contribution in [3.63, 3.8) is 0 Å². The number of carbonyl (C=O) groups excluding carboxylic acids is 1. The minimum Gasteiger partial charge on any atom is -0.340 e. The predicted octanol–water partition coefficient (Wildman–Crippen LogP) is 4.20. The molecule has 0 N–H and O–H groups in total. The molecule has 0 bridgehead atoms. The van der Waals surface area contributed by atoms with Crippen LogP contribution >= 0.6 is 0 Å². The highest BCUT2D eigenvalue weighted by molar-refractivity contribution is 7.89. The zero-order chi connectivity index (χ0) is 23.1. The zero-order valence-corrected chi connectivity index (χ0v) is 19.7. The van der Waals surface area contributed by atoms with Crippen LogP contribution in [0.4, 0.5) is 0 Å². The normalized spacial score (nSPS) is 11.5. The summed E-state index contributed by atoms with van der Waals surface area (Å²) < 4.78 is 28.5. The maximum absolute atomic E-state index is 13.6. The van der Waals surface area contributed by atoms with Gasteiger partial charge in [0.2, 0.25) is 15.9 Å². The molecule has 1 amide bonds. The molecule has 0 saturated heterocycles. The number of likely N-dealkylation sites (N-methyl/N-ethyl adjacent to an activating group) is 1. The van der Waals surface area contributed by atoms with Gasteiger partial charge in [0.1, 0.15) is 0 Å². The Morgan fingerprint density at radius 1 is 0.844 bits per heavy atom. The molecule has 3 rings (SSSR count). The minimum absolute atomic E-state index is 0.202. The third kappa shape index (κ3) is 6.05. The van der Waals surface area contributed by atoms with E-state index in [-0.39, 0.29) is 23.9 Å². The first-order valence-electron chi connectivity index (χ1n) is 10.7. The first-order chi connectivity index (χ1) is 15.3. The molecule has 0 fully saturated rings. The van der Waals surface area contributed by atoms with Crippen molar-refractivity contribution >= 4 is 15.9 Å². The summed E-state index contributed by atoms with van der Waals surface area (Å²) >= 11 is 0. The molecule has 0 atom stereocenters. The molecule has 0 spiro atoms. The lowest BCUT2D eigenvalue weighted by molar-refractivity contribution is -0.130. The Hall–Kier alpha value is -2.96. The number of aryl methyl sites for hydroxylation is 2. The maximum atomic E-state index is 13.6. The van der Waals surface area contributed by atoms with E-state index in [0.29, 0.717) is 18.5 Å². The van der Waals surface area contributed by atoms with Gasteiger partial charge in [-0.15, -0.1) is 0 Å². The highest BCUT2D eigenvalue weighted by atomic mass is 32.2. The van der Waals surface area contributed by atoms with Gasteiger partial charge in [0.05, 0.1) is 11.4 Å². The van der Waals surface area contributed by atoms with Gasteiger partial charge in [-0.05, 0) is 48.6 Å². The summed E-state index contributed by atoms with van der Waals surface area (Å²) in [5.41, 5.74) is 3.56. The van der Waals surface area contributed by atoms with E-state index in [0.717, 1.165) is 16.7 Å². The van der Waals surface area contributed by atoms with Crippen LogP contribution < -0.4 is 0 Å². The van der Waals surface area contributed by atoms with E-state index in [1.54, 1.807) is 31.0 Å². The second kappa shape index (κ2) is 10.6. The summed E-state index contributed by atoms with van der Waals surface area (Å²) in [6.45, 7) is 4.10. The topological polar surface area (TPSA) is 57.7 Å². The number of sulfonamides is 1. The maximum Gasteiger partial charge on any atom is 0.243 e. The van der Waals surface area contributed by atoms with Crippen molar-refractivity contribution in [3.8, 4) is 0 Å². The average Bonchev–Trinajstić information content (AvgIpc) is 2.79. The molecule has 0 aromatic heterocycles. The van der Waals surface area contributed by atoms with Gasteiger partial charge < -0.3 is 4.90 Å². The van der Waals surface area contributed by atoms with E-state index in [1.807, 2.05) is 73.7 Å². The fraction of sp³-hybridized carbons (Fsp3) is 0.269. The fourth-order valence-corrected chi connectivity index (χ4v) is 5.22. The Labute approximate surface area is 191 Å². The highest BCUT2D eigenvalue weighted by Gasteiger charge is 2.29. The summed E-state index contributed by atoms with van der Waals surface area (Å²) in [6, 6.07) is 24.8. The molecule has 0 aliphatic rings. The molecule has 32 heavy (non-hydrogen) atoms. The van der Waals surface area contributed by atoms with Crippen molar-refractivity contribution in [2.75, 3.05) is 20.1 Å². The van der Waals surface area contributed by atoms with Crippen LogP contribution in [0.1, 0.15) is 22.3 Å². The Morgan fingerprint density at radius 3 is 2.06 bits per heavy atom. The lowest BCUT2D eigenvalue weighted by Crippen LogP contribution is -2.42. The molecule has 0 aliphatic carbocycles. The lowest BCUT2D eigenvalue weighted by atomic mass is 10.1. The molecule has 3 aromatic rings. The van der Waals surface area contributed by atoms with Gasteiger partial charge in [-0.1, -0.05) is 72.8 Å². The first-order valence-corrected chi connectivity index (χ1v) is 12.1. The number of carbonyl (C=O) groups is 1. The van der Waals surface area contributed by atoms with Crippen molar-refractivity contribution in [1.82, 2.24) is 9.21 Å². The molecule has 0 aliphatic heterocycles. The first kappa shape index (κ1) is 23.7. The highest BCUT2D eigenvalue weighted by Crippen LogP contribution is 2.22. The predicted molar refractivity (Wildman–Crippen MR) is 128 cm³/mol. The largest absolute Gasteiger partial charge is 0.340 e. The monoisotopic (exact) mass is 450 g/mol. The van der Waals surface area contributed by atoms with E-state index < -0.39 is 10.0 Å². The molecule has 3 aromatic carbocycles. The molecule has 168 valence electrons. The van der Waals surface area contributed by atoms with Gasteiger partial charge in [-0.3, -0.25) is 4.79 Å². The van der Waals surface area contributed by atoms with Crippen LogP contribution in [0.15, 0.2) is 83.8 Å². The molecule has 0 radical (unpaired) electrons. The number of amides is 1. The van der Waals surface area contributed by atoms with Crippen LogP contribution in [0, 0.1) is 13.8 Å². The van der Waals surface area contributed by atoms with Crippen LogP contribution in [0.3, 0.4) is 0 Å². The van der Waals surface area contributed by atoms with E-state index in [4.69, 9.17) is 0 Å². The molecule has 6 heteroatoms. The number of benzene rings is 3. The van der Waals surface area contributed by atoms with Gasteiger partial charge >= 0.3 is 0 Å². The fourth-order valence-electron chi connectivity index (χ4n) is 3.52. The SMILES string of the molecule is Cc1ccc(C)c(S(=O)(=O)N(CCc2ccccc2)CC(=O)N(C)Cc2ccccc2)c1. The van der Waals surface area contributed by atoms with Gasteiger partial charge in [-0.2, -0.15) is 4.31 Å². The Morgan fingerprint density at radius 2 is 1.44 bits per heavy atom. The molecular weight excluding hydrogens is 420 g/mol. The smallest absolute Gasteiger partial charge is 0.243 e. The quantitative estimate of drug-likeness (QED) is 0.491. The minimum atomic E-state index is -3.84. The van der Waals surface area contributed by atoms with Crippen molar-refractivity contribution in [3.05, 3.63) is 101 Å². The lowest BCUT2D eigenvalue weighted by Gasteiger charge is -2.26. The summed E-state index contributed by atoms with van der Waals surface area (Å²) in [4.78, 5) is 14.8. The van der Waals surface area contributed by atoms with Crippen molar-refractivity contribution in [2.45, 2.75) is 31.7 Å². The number of hydrogen-bond donors (Lipinski definition) is 0. The number of rotatable bonds is 9. The van der Waals surface area contributed by atoms with E-state index in [9.17, 15) is 13.2 Å². The zero-order valence-electron chi connectivity index (χ0n) is 18.9. The Bertz CT molecular complexity index is 1150. The second-order valence-corrected chi connectivity index (χ2v) is 9.98.